The molecule has 3 rings (SSSR count). The van der Waals surface area contributed by atoms with Gasteiger partial charge in [-0.25, -0.2) is 4.98 Å². The van der Waals surface area contributed by atoms with Gasteiger partial charge in [0.2, 0.25) is 0 Å². The maximum atomic E-state index is 12.2. The number of fused-ring (bicyclic) bond motifs is 1. The summed E-state index contributed by atoms with van der Waals surface area (Å²) < 4.78 is 0. The lowest BCUT2D eigenvalue weighted by Gasteiger charge is -2.07. The van der Waals surface area contributed by atoms with Gasteiger partial charge in [0.15, 0.2) is 0 Å². The molecule has 0 saturated heterocycles. The molecule has 0 aliphatic carbocycles. The van der Waals surface area contributed by atoms with E-state index in [0.29, 0.717) is 17.3 Å². The molecule has 0 aliphatic rings. The average molecular weight is 287 g/mol. The minimum atomic E-state index is -0.194. The Morgan fingerprint density at radius 2 is 2.05 bits per heavy atom. The van der Waals surface area contributed by atoms with E-state index < -0.39 is 0 Å². The molecule has 2 aromatic heterocycles. The Kier molecular flexibility index (Phi) is 3.35. The minimum absolute atomic E-state index is 0.194. The van der Waals surface area contributed by atoms with Crippen LogP contribution >= 0.6 is 11.6 Å². The minimum Gasteiger partial charge on any atom is -0.346 e. The van der Waals surface area contributed by atoms with Gasteiger partial charge < -0.3 is 5.32 Å². The van der Waals surface area contributed by atoms with Crippen LogP contribution in [0.5, 0.6) is 0 Å². The number of hydrogen-bond donors (Lipinski definition) is 2. The molecule has 3 aromatic rings. The standard InChI is InChI=1S/C14H11ClN4O/c15-13-11-4-2-1-3-10(11)12(8-16-13)14(20)17-7-9-5-6-18-19-9/h1-6,8H,7H2,(H,17,20)(H,18,19). The van der Waals surface area contributed by atoms with Gasteiger partial charge in [-0.05, 0) is 11.5 Å². The van der Waals surface area contributed by atoms with Crippen molar-refractivity contribution >= 4 is 28.3 Å². The summed E-state index contributed by atoms with van der Waals surface area (Å²) in [5.41, 5.74) is 1.34. The van der Waals surface area contributed by atoms with Crippen molar-refractivity contribution in [3.63, 3.8) is 0 Å². The summed E-state index contributed by atoms with van der Waals surface area (Å²) in [4.78, 5) is 16.3. The van der Waals surface area contributed by atoms with Crippen molar-refractivity contribution < 1.29 is 4.79 Å². The zero-order valence-electron chi connectivity index (χ0n) is 10.4. The highest BCUT2D eigenvalue weighted by atomic mass is 35.5. The topological polar surface area (TPSA) is 70.7 Å². The summed E-state index contributed by atoms with van der Waals surface area (Å²) in [6.07, 6.45) is 3.13. The lowest BCUT2D eigenvalue weighted by molar-refractivity contribution is 0.0952. The van der Waals surface area contributed by atoms with Crippen molar-refractivity contribution in [2.24, 2.45) is 0 Å². The number of hydrogen-bond acceptors (Lipinski definition) is 3. The van der Waals surface area contributed by atoms with E-state index in [9.17, 15) is 4.79 Å². The Labute approximate surface area is 120 Å². The predicted molar refractivity (Wildman–Crippen MR) is 76.5 cm³/mol. The Morgan fingerprint density at radius 3 is 2.80 bits per heavy atom. The second kappa shape index (κ2) is 5.30. The summed E-state index contributed by atoms with van der Waals surface area (Å²) in [6.45, 7) is 0.385. The number of pyridine rings is 1. The molecule has 0 bridgehead atoms. The molecule has 2 heterocycles. The highest BCUT2D eigenvalue weighted by molar-refractivity contribution is 6.34. The molecule has 0 atom stereocenters. The van der Waals surface area contributed by atoms with Gasteiger partial charge in [-0.2, -0.15) is 5.10 Å². The van der Waals surface area contributed by atoms with E-state index in [1.807, 2.05) is 24.3 Å². The van der Waals surface area contributed by atoms with Gasteiger partial charge in [0.05, 0.1) is 17.8 Å². The number of halogens is 1. The number of aromatic nitrogens is 3. The van der Waals surface area contributed by atoms with Gasteiger partial charge in [0.1, 0.15) is 5.15 Å². The van der Waals surface area contributed by atoms with Crippen molar-refractivity contribution in [1.29, 1.82) is 0 Å². The average Bonchev–Trinajstić information content (AvgIpc) is 2.99. The summed E-state index contributed by atoms with van der Waals surface area (Å²) in [7, 11) is 0. The van der Waals surface area contributed by atoms with Gasteiger partial charge in [-0.3, -0.25) is 9.89 Å². The number of amides is 1. The first-order valence-corrected chi connectivity index (χ1v) is 6.43. The molecule has 0 radical (unpaired) electrons. The van der Waals surface area contributed by atoms with Gasteiger partial charge in [-0.1, -0.05) is 35.9 Å². The first-order valence-electron chi connectivity index (χ1n) is 6.05. The van der Waals surface area contributed by atoms with E-state index in [1.165, 1.54) is 6.20 Å². The summed E-state index contributed by atoms with van der Waals surface area (Å²) in [5.74, 6) is -0.194. The van der Waals surface area contributed by atoms with Crippen LogP contribution in [0, 0.1) is 0 Å². The van der Waals surface area contributed by atoms with Crippen molar-refractivity contribution in [1.82, 2.24) is 20.5 Å². The van der Waals surface area contributed by atoms with Gasteiger partial charge in [-0.15, -0.1) is 0 Å². The fourth-order valence-electron chi connectivity index (χ4n) is 1.99. The molecule has 1 aromatic carbocycles. The zero-order chi connectivity index (χ0) is 13.9. The number of rotatable bonds is 3. The SMILES string of the molecule is O=C(NCc1ccn[nH]1)c1cnc(Cl)c2ccccc12. The summed E-state index contributed by atoms with van der Waals surface area (Å²) in [6, 6.07) is 9.23. The van der Waals surface area contributed by atoms with Crippen LogP contribution < -0.4 is 5.32 Å². The smallest absolute Gasteiger partial charge is 0.253 e. The van der Waals surface area contributed by atoms with E-state index in [-0.39, 0.29) is 5.91 Å². The molecule has 0 spiro atoms. The van der Waals surface area contributed by atoms with Crippen LogP contribution in [0.4, 0.5) is 0 Å². The fourth-order valence-corrected chi connectivity index (χ4v) is 2.21. The third-order valence-electron chi connectivity index (χ3n) is 2.99. The Bertz CT molecular complexity index is 755. The third kappa shape index (κ3) is 2.35. The fraction of sp³-hybridized carbons (Fsp3) is 0.0714. The number of carbonyl (C=O) groups is 1. The van der Waals surface area contributed by atoms with Crippen molar-refractivity contribution in [3.05, 3.63) is 59.1 Å². The van der Waals surface area contributed by atoms with E-state index in [1.54, 1.807) is 12.3 Å². The number of carbonyl (C=O) groups excluding carboxylic acids is 1. The summed E-state index contributed by atoms with van der Waals surface area (Å²) in [5, 5.41) is 11.4. The highest BCUT2D eigenvalue weighted by Gasteiger charge is 2.12. The lowest BCUT2D eigenvalue weighted by atomic mass is 10.1. The van der Waals surface area contributed by atoms with E-state index in [4.69, 9.17) is 11.6 Å². The third-order valence-corrected chi connectivity index (χ3v) is 3.29. The molecule has 2 N–H and O–H groups in total. The van der Waals surface area contributed by atoms with E-state index >= 15 is 0 Å². The maximum absolute atomic E-state index is 12.2. The second-order valence-electron chi connectivity index (χ2n) is 4.27. The molecule has 20 heavy (non-hydrogen) atoms. The normalized spacial score (nSPS) is 10.7. The van der Waals surface area contributed by atoms with Crippen LogP contribution in [0.25, 0.3) is 10.8 Å². The predicted octanol–water partition coefficient (Wildman–Crippen LogP) is 2.54. The lowest BCUT2D eigenvalue weighted by Crippen LogP contribution is -2.23. The number of aromatic amines is 1. The maximum Gasteiger partial charge on any atom is 0.253 e. The molecule has 0 saturated carbocycles. The molecule has 0 unspecified atom stereocenters. The number of H-pyrrole nitrogens is 1. The zero-order valence-corrected chi connectivity index (χ0v) is 11.2. The second-order valence-corrected chi connectivity index (χ2v) is 4.63. The molecular formula is C14H11ClN4O. The largest absolute Gasteiger partial charge is 0.346 e. The van der Waals surface area contributed by atoms with Crippen LogP contribution in [0.2, 0.25) is 5.15 Å². The van der Waals surface area contributed by atoms with Gasteiger partial charge in [0.25, 0.3) is 5.91 Å². The van der Waals surface area contributed by atoms with Crippen molar-refractivity contribution in [2.75, 3.05) is 0 Å². The van der Waals surface area contributed by atoms with Crippen molar-refractivity contribution in [2.45, 2.75) is 6.54 Å². The Balaban J connectivity index is 1.90. The molecule has 1 amide bonds. The van der Waals surface area contributed by atoms with E-state index in [0.717, 1.165) is 16.5 Å². The molecule has 100 valence electrons. The quantitative estimate of drug-likeness (QED) is 0.727. The first-order chi connectivity index (χ1) is 9.75. The molecular weight excluding hydrogens is 276 g/mol. The molecule has 6 heteroatoms. The van der Waals surface area contributed by atoms with Crippen LogP contribution in [0.15, 0.2) is 42.7 Å². The monoisotopic (exact) mass is 286 g/mol. The Hall–Kier alpha value is -2.40. The van der Waals surface area contributed by atoms with Crippen LogP contribution in [0.3, 0.4) is 0 Å². The number of nitrogens with zero attached hydrogens (tertiary/aromatic N) is 2. The van der Waals surface area contributed by atoms with Crippen molar-refractivity contribution in [3.8, 4) is 0 Å². The van der Waals surface area contributed by atoms with Gasteiger partial charge >= 0.3 is 0 Å². The van der Waals surface area contributed by atoms with Gasteiger partial charge in [0, 0.05) is 17.8 Å². The van der Waals surface area contributed by atoms with E-state index in [2.05, 4.69) is 20.5 Å². The molecule has 5 nitrogen and oxygen atoms in total. The Morgan fingerprint density at radius 1 is 1.25 bits per heavy atom. The first kappa shape index (κ1) is 12.6. The van der Waals surface area contributed by atoms with Crippen LogP contribution in [-0.2, 0) is 6.54 Å². The summed E-state index contributed by atoms with van der Waals surface area (Å²) >= 11 is 6.04. The van der Waals surface area contributed by atoms with Crippen LogP contribution in [-0.4, -0.2) is 21.1 Å². The number of nitrogens with one attached hydrogen (secondary N) is 2. The number of benzene rings is 1. The molecule has 0 aliphatic heterocycles. The molecule has 0 fully saturated rings. The van der Waals surface area contributed by atoms with Crippen LogP contribution in [0.1, 0.15) is 16.1 Å². The highest BCUT2D eigenvalue weighted by Crippen LogP contribution is 2.24.